The number of benzene rings is 2. The molecule has 1 saturated heterocycles. The summed E-state index contributed by atoms with van der Waals surface area (Å²) in [4.78, 5) is 38.4. The van der Waals surface area contributed by atoms with E-state index in [4.69, 9.17) is 16.3 Å². The average Bonchev–Trinajstić information content (AvgIpc) is 2.90. The Kier molecular flexibility index (Phi) is 5.56. The van der Waals surface area contributed by atoms with E-state index in [0.29, 0.717) is 16.3 Å². The molecular formula is C20H20ClN3O4. The second kappa shape index (κ2) is 7.90. The molecule has 0 aromatic heterocycles. The summed E-state index contributed by atoms with van der Waals surface area (Å²) in [5, 5.41) is 5.70. The van der Waals surface area contributed by atoms with Crippen molar-refractivity contribution >= 4 is 29.4 Å². The van der Waals surface area contributed by atoms with Crippen molar-refractivity contribution in [3.63, 3.8) is 0 Å². The number of imide groups is 1. The van der Waals surface area contributed by atoms with Crippen molar-refractivity contribution < 1.29 is 19.1 Å². The lowest BCUT2D eigenvalue weighted by Gasteiger charge is -2.23. The Morgan fingerprint density at radius 2 is 1.96 bits per heavy atom. The number of ether oxygens (including phenoxy) is 1. The van der Waals surface area contributed by atoms with Crippen LogP contribution >= 0.6 is 11.6 Å². The predicted molar refractivity (Wildman–Crippen MR) is 104 cm³/mol. The number of halogens is 1. The molecule has 2 aromatic carbocycles. The lowest BCUT2D eigenvalue weighted by molar-refractivity contribution is -0.134. The zero-order valence-electron chi connectivity index (χ0n) is 15.5. The van der Waals surface area contributed by atoms with Crippen LogP contribution in [0.2, 0.25) is 5.02 Å². The van der Waals surface area contributed by atoms with Gasteiger partial charge in [0.2, 0.25) is 5.91 Å². The first kappa shape index (κ1) is 19.7. The Balaban J connectivity index is 1.67. The molecule has 1 atom stereocenters. The van der Waals surface area contributed by atoms with Crippen molar-refractivity contribution in [1.29, 1.82) is 0 Å². The van der Waals surface area contributed by atoms with Crippen molar-refractivity contribution in [2.75, 3.05) is 13.7 Å². The number of urea groups is 1. The molecule has 0 saturated carbocycles. The van der Waals surface area contributed by atoms with Gasteiger partial charge >= 0.3 is 6.03 Å². The first-order valence-corrected chi connectivity index (χ1v) is 9.01. The second-order valence-electron chi connectivity index (χ2n) is 6.55. The summed E-state index contributed by atoms with van der Waals surface area (Å²) < 4.78 is 5.14. The van der Waals surface area contributed by atoms with Gasteiger partial charge in [-0.3, -0.25) is 14.5 Å². The van der Waals surface area contributed by atoms with Gasteiger partial charge in [-0.1, -0.05) is 41.9 Å². The Morgan fingerprint density at radius 3 is 2.68 bits per heavy atom. The van der Waals surface area contributed by atoms with E-state index in [9.17, 15) is 14.4 Å². The molecule has 0 bridgehead atoms. The van der Waals surface area contributed by atoms with E-state index in [1.807, 2.05) is 12.1 Å². The normalized spacial score (nSPS) is 18.8. The number of carbonyl (C=O) groups excluding carboxylic acids is 3. The SMILES string of the molecule is COc1cccc(CNC(=O)CN2C(=O)N[C@](C)(c3ccccc3Cl)C2=O)c1. The zero-order chi connectivity index (χ0) is 20.3. The summed E-state index contributed by atoms with van der Waals surface area (Å²) in [5.41, 5.74) is 0.00259. The van der Waals surface area contributed by atoms with Gasteiger partial charge in [0.1, 0.15) is 17.8 Å². The molecule has 146 valence electrons. The highest BCUT2D eigenvalue weighted by Crippen LogP contribution is 2.33. The van der Waals surface area contributed by atoms with Gasteiger partial charge in [-0.2, -0.15) is 0 Å². The number of methoxy groups -OCH3 is 1. The van der Waals surface area contributed by atoms with Crippen LogP contribution in [-0.4, -0.2) is 36.4 Å². The van der Waals surface area contributed by atoms with E-state index in [-0.39, 0.29) is 13.1 Å². The molecule has 0 radical (unpaired) electrons. The molecule has 1 aliphatic heterocycles. The van der Waals surface area contributed by atoms with Gasteiger partial charge in [0.15, 0.2) is 0 Å². The van der Waals surface area contributed by atoms with Gasteiger partial charge in [-0.05, 0) is 30.7 Å². The van der Waals surface area contributed by atoms with Crippen molar-refractivity contribution in [1.82, 2.24) is 15.5 Å². The summed E-state index contributed by atoms with van der Waals surface area (Å²) in [6.45, 7) is 1.44. The molecule has 2 aromatic rings. The summed E-state index contributed by atoms with van der Waals surface area (Å²) in [5.74, 6) is -0.298. The molecule has 1 aliphatic rings. The maximum atomic E-state index is 12.9. The number of amides is 4. The van der Waals surface area contributed by atoms with Gasteiger partial charge in [-0.15, -0.1) is 0 Å². The lowest BCUT2D eigenvalue weighted by atomic mass is 9.92. The number of carbonyl (C=O) groups is 3. The largest absolute Gasteiger partial charge is 0.497 e. The minimum absolute atomic E-state index is 0.251. The lowest BCUT2D eigenvalue weighted by Crippen LogP contribution is -2.43. The topological polar surface area (TPSA) is 87.7 Å². The third-order valence-corrected chi connectivity index (χ3v) is 4.94. The molecular weight excluding hydrogens is 382 g/mol. The third-order valence-electron chi connectivity index (χ3n) is 4.61. The minimum Gasteiger partial charge on any atom is -0.497 e. The molecule has 1 heterocycles. The maximum Gasteiger partial charge on any atom is 0.325 e. The van der Waals surface area contributed by atoms with Gasteiger partial charge in [0, 0.05) is 17.1 Å². The van der Waals surface area contributed by atoms with Gasteiger partial charge in [0.05, 0.1) is 7.11 Å². The molecule has 2 N–H and O–H groups in total. The summed E-state index contributed by atoms with van der Waals surface area (Å²) in [6, 6.07) is 13.4. The molecule has 0 unspecified atom stereocenters. The molecule has 28 heavy (non-hydrogen) atoms. The fourth-order valence-corrected chi connectivity index (χ4v) is 3.40. The molecule has 8 heteroatoms. The molecule has 1 fully saturated rings. The summed E-state index contributed by atoms with van der Waals surface area (Å²) in [6.07, 6.45) is 0. The number of nitrogens with one attached hydrogen (secondary N) is 2. The minimum atomic E-state index is -1.32. The Labute approximate surface area is 167 Å². The predicted octanol–water partition coefficient (Wildman–Crippen LogP) is 2.43. The second-order valence-corrected chi connectivity index (χ2v) is 6.96. The van der Waals surface area contributed by atoms with E-state index >= 15 is 0 Å². The molecule has 4 amide bonds. The molecule has 3 rings (SSSR count). The molecule has 0 aliphatic carbocycles. The first-order chi connectivity index (χ1) is 13.3. The van der Waals surface area contributed by atoms with Crippen LogP contribution in [0.4, 0.5) is 4.79 Å². The van der Waals surface area contributed by atoms with Crippen LogP contribution in [0.3, 0.4) is 0 Å². The van der Waals surface area contributed by atoms with E-state index in [2.05, 4.69) is 10.6 Å². The van der Waals surface area contributed by atoms with Gasteiger partial charge in [0.25, 0.3) is 5.91 Å². The Bertz CT molecular complexity index is 933. The number of rotatable bonds is 6. The Morgan fingerprint density at radius 1 is 1.21 bits per heavy atom. The van der Waals surface area contributed by atoms with Crippen LogP contribution in [0, 0.1) is 0 Å². The van der Waals surface area contributed by atoms with Gasteiger partial charge < -0.3 is 15.4 Å². The highest BCUT2D eigenvalue weighted by atomic mass is 35.5. The highest BCUT2D eigenvalue weighted by Gasteiger charge is 2.50. The van der Waals surface area contributed by atoms with Crippen LogP contribution in [-0.2, 0) is 21.7 Å². The molecule has 7 nitrogen and oxygen atoms in total. The highest BCUT2D eigenvalue weighted by molar-refractivity contribution is 6.32. The van der Waals surface area contributed by atoms with Crippen LogP contribution in [0.1, 0.15) is 18.1 Å². The van der Waals surface area contributed by atoms with Crippen LogP contribution < -0.4 is 15.4 Å². The van der Waals surface area contributed by atoms with Crippen LogP contribution in [0.5, 0.6) is 5.75 Å². The van der Waals surface area contributed by atoms with Crippen molar-refractivity contribution in [3.05, 3.63) is 64.7 Å². The van der Waals surface area contributed by atoms with E-state index in [0.717, 1.165) is 10.5 Å². The van der Waals surface area contributed by atoms with Crippen LogP contribution in [0.25, 0.3) is 0 Å². The first-order valence-electron chi connectivity index (χ1n) is 8.64. The van der Waals surface area contributed by atoms with Crippen molar-refractivity contribution in [3.8, 4) is 5.75 Å². The monoisotopic (exact) mass is 401 g/mol. The van der Waals surface area contributed by atoms with E-state index in [1.54, 1.807) is 50.4 Å². The summed E-state index contributed by atoms with van der Waals surface area (Å²) in [7, 11) is 1.56. The quantitative estimate of drug-likeness (QED) is 0.728. The van der Waals surface area contributed by atoms with Crippen LogP contribution in [0.15, 0.2) is 48.5 Å². The average molecular weight is 402 g/mol. The third kappa shape index (κ3) is 3.80. The maximum absolute atomic E-state index is 12.9. The number of nitrogens with zero attached hydrogens (tertiary/aromatic N) is 1. The van der Waals surface area contributed by atoms with E-state index in [1.165, 1.54) is 0 Å². The van der Waals surface area contributed by atoms with Crippen molar-refractivity contribution in [2.24, 2.45) is 0 Å². The van der Waals surface area contributed by atoms with E-state index < -0.39 is 23.4 Å². The number of hydrogen-bond acceptors (Lipinski definition) is 4. The fourth-order valence-electron chi connectivity index (χ4n) is 3.07. The Hall–Kier alpha value is -3.06. The molecule has 0 spiro atoms. The number of hydrogen-bond donors (Lipinski definition) is 2. The standard InChI is InChI=1S/C20H20ClN3O4/c1-20(15-8-3-4-9-16(15)21)18(26)24(19(27)23-20)12-17(25)22-11-13-6-5-7-14(10-13)28-2/h3-10H,11-12H2,1-2H3,(H,22,25)(H,23,27)/t20-/m1/s1. The van der Waals surface area contributed by atoms with Gasteiger partial charge in [-0.25, -0.2) is 4.79 Å². The smallest absolute Gasteiger partial charge is 0.325 e. The zero-order valence-corrected chi connectivity index (χ0v) is 16.2. The fraction of sp³-hybridized carbons (Fsp3) is 0.250. The van der Waals surface area contributed by atoms with Crippen molar-refractivity contribution in [2.45, 2.75) is 19.0 Å². The summed E-state index contributed by atoms with van der Waals surface area (Å²) >= 11 is 6.19.